The van der Waals surface area contributed by atoms with E-state index in [9.17, 15) is 14.4 Å². The summed E-state index contributed by atoms with van der Waals surface area (Å²) < 4.78 is 16.8. The summed E-state index contributed by atoms with van der Waals surface area (Å²) in [4.78, 5) is 38.1. The molecule has 0 aliphatic carbocycles. The number of hydrogen-bond donors (Lipinski definition) is 0. The van der Waals surface area contributed by atoms with Gasteiger partial charge in [-0.3, -0.25) is 14.4 Å². The maximum Gasteiger partial charge on any atom is 0.306 e. The fourth-order valence-corrected chi connectivity index (χ4v) is 7.31. The quantitative estimate of drug-likeness (QED) is 0.0199. The number of rotatable bonds is 49. The first-order valence-corrected chi connectivity index (χ1v) is 28.1. The molecule has 0 spiro atoms. The lowest BCUT2D eigenvalue weighted by molar-refractivity contribution is -0.167. The van der Waals surface area contributed by atoms with Crippen molar-refractivity contribution in [2.24, 2.45) is 0 Å². The molecule has 1 atom stereocenters. The highest BCUT2D eigenvalue weighted by atomic mass is 16.6. The maximum absolute atomic E-state index is 12.8. The average Bonchev–Trinajstić information content (AvgIpc) is 3.35. The summed E-state index contributed by atoms with van der Waals surface area (Å²) in [5, 5.41) is 0. The van der Waals surface area contributed by atoms with Crippen LogP contribution in [0.4, 0.5) is 0 Å². The predicted octanol–water partition coefficient (Wildman–Crippen LogP) is 18.9. The van der Waals surface area contributed by atoms with Crippen LogP contribution in [0.15, 0.2) is 122 Å². The molecule has 0 fully saturated rings. The van der Waals surface area contributed by atoms with Crippen molar-refractivity contribution in [1.82, 2.24) is 0 Å². The summed E-state index contributed by atoms with van der Waals surface area (Å²) in [7, 11) is 0. The molecule has 1 unspecified atom stereocenters. The van der Waals surface area contributed by atoms with Gasteiger partial charge in [-0.15, -0.1) is 0 Å². The zero-order chi connectivity index (χ0) is 50.0. The Hall–Kier alpha value is -4.19. The van der Waals surface area contributed by atoms with Crippen LogP contribution in [0.25, 0.3) is 0 Å². The Kier molecular flexibility index (Phi) is 53.0. The molecule has 0 N–H and O–H groups in total. The average molecular weight is 956 g/mol. The Labute approximate surface area is 424 Å². The molecular formula is C63H102O6. The second-order valence-electron chi connectivity index (χ2n) is 18.2. The van der Waals surface area contributed by atoms with Gasteiger partial charge in [0.15, 0.2) is 6.10 Å². The van der Waals surface area contributed by atoms with Crippen molar-refractivity contribution in [2.45, 2.75) is 245 Å². The van der Waals surface area contributed by atoms with Crippen LogP contribution < -0.4 is 0 Å². The lowest BCUT2D eigenvalue weighted by Crippen LogP contribution is -2.30. The summed E-state index contributed by atoms with van der Waals surface area (Å²) in [6.07, 6.45) is 77.5. The number of esters is 3. The molecule has 69 heavy (non-hydrogen) atoms. The van der Waals surface area contributed by atoms with Crippen LogP contribution >= 0.6 is 0 Å². The van der Waals surface area contributed by atoms with Crippen LogP contribution in [-0.4, -0.2) is 37.2 Å². The molecule has 390 valence electrons. The summed E-state index contributed by atoms with van der Waals surface area (Å²) >= 11 is 0. The molecule has 0 aromatic rings. The minimum absolute atomic E-state index is 0.116. The van der Waals surface area contributed by atoms with E-state index >= 15 is 0 Å². The van der Waals surface area contributed by atoms with E-state index in [-0.39, 0.29) is 37.5 Å². The largest absolute Gasteiger partial charge is 0.462 e. The molecule has 0 aromatic carbocycles. The van der Waals surface area contributed by atoms with Crippen LogP contribution in [0.2, 0.25) is 0 Å². The highest BCUT2D eigenvalue weighted by Gasteiger charge is 2.19. The van der Waals surface area contributed by atoms with Gasteiger partial charge in [0.2, 0.25) is 0 Å². The van der Waals surface area contributed by atoms with E-state index in [2.05, 4.69) is 142 Å². The Balaban J connectivity index is 4.56. The van der Waals surface area contributed by atoms with Gasteiger partial charge in [-0.05, 0) is 109 Å². The van der Waals surface area contributed by atoms with E-state index in [4.69, 9.17) is 14.2 Å². The topological polar surface area (TPSA) is 78.9 Å². The molecule has 0 radical (unpaired) electrons. The molecule has 0 saturated heterocycles. The van der Waals surface area contributed by atoms with Gasteiger partial charge < -0.3 is 14.2 Å². The molecule has 0 saturated carbocycles. The van der Waals surface area contributed by atoms with E-state index in [1.807, 2.05) is 0 Å². The molecule has 6 heteroatoms. The van der Waals surface area contributed by atoms with Crippen LogP contribution in [0.1, 0.15) is 239 Å². The van der Waals surface area contributed by atoms with Gasteiger partial charge in [0, 0.05) is 19.3 Å². The number of carbonyl (C=O) groups is 3. The monoisotopic (exact) mass is 955 g/mol. The number of hydrogen-bond acceptors (Lipinski definition) is 6. The SMILES string of the molecule is CC/C=C\C/C=C\C/C=C\C/C=C\C/C=C\CCCC(=O)OC(COC(=O)CCCCCCC\C=C/C=C\C=C/C=C\CCCCC)COC(=O)CCCCCCC/C=C\CCCCCCCCC. The number of ether oxygens (including phenoxy) is 3. The molecule has 0 aromatic heterocycles. The van der Waals surface area contributed by atoms with Crippen molar-refractivity contribution >= 4 is 17.9 Å². The predicted molar refractivity (Wildman–Crippen MR) is 297 cm³/mol. The second-order valence-corrected chi connectivity index (χ2v) is 18.2. The highest BCUT2D eigenvalue weighted by Crippen LogP contribution is 2.13. The Morgan fingerprint density at radius 1 is 0.319 bits per heavy atom. The van der Waals surface area contributed by atoms with E-state index in [0.29, 0.717) is 19.3 Å². The first kappa shape index (κ1) is 64.8. The summed E-state index contributed by atoms with van der Waals surface area (Å²) in [5.74, 6) is -1.01. The molecule has 6 nitrogen and oxygen atoms in total. The van der Waals surface area contributed by atoms with Crippen LogP contribution in [0.3, 0.4) is 0 Å². The number of allylic oxidation sites excluding steroid dienone is 20. The Morgan fingerprint density at radius 2 is 0.638 bits per heavy atom. The lowest BCUT2D eigenvalue weighted by atomic mass is 10.1. The molecule has 0 aliphatic heterocycles. The van der Waals surface area contributed by atoms with Gasteiger partial charge in [0.1, 0.15) is 13.2 Å². The Morgan fingerprint density at radius 3 is 1.10 bits per heavy atom. The van der Waals surface area contributed by atoms with E-state index in [1.165, 1.54) is 77.0 Å². The van der Waals surface area contributed by atoms with Crippen molar-refractivity contribution in [3.63, 3.8) is 0 Å². The maximum atomic E-state index is 12.8. The van der Waals surface area contributed by atoms with Crippen molar-refractivity contribution in [2.75, 3.05) is 13.2 Å². The molecule has 0 bridgehead atoms. The van der Waals surface area contributed by atoms with Gasteiger partial charge in [-0.25, -0.2) is 0 Å². The number of carbonyl (C=O) groups excluding carboxylic acids is 3. The first-order chi connectivity index (χ1) is 34.0. The molecule has 0 aliphatic rings. The fraction of sp³-hybridized carbons (Fsp3) is 0.635. The van der Waals surface area contributed by atoms with Crippen LogP contribution in [0, 0.1) is 0 Å². The minimum Gasteiger partial charge on any atom is -0.462 e. The van der Waals surface area contributed by atoms with E-state index < -0.39 is 6.10 Å². The van der Waals surface area contributed by atoms with E-state index in [0.717, 1.165) is 116 Å². The van der Waals surface area contributed by atoms with Crippen LogP contribution in [-0.2, 0) is 28.6 Å². The molecular weight excluding hydrogens is 853 g/mol. The fourth-order valence-electron chi connectivity index (χ4n) is 7.31. The zero-order valence-corrected chi connectivity index (χ0v) is 44.5. The zero-order valence-electron chi connectivity index (χ0n) is 44.5. The van der Waals surface area contributed by atoms with Gasteiger partial charge in [0.25, 0.3) is 0 Å². The highest BCUT2D eigenvalue weighted by molar-refractivity contribution is 5.71. The summed E-state index contributed by atoms with van der Waals surface area (Å²) in [5.41, 5.74) is 0. The molecule has 0 rings (SSSR count). The molecule has 0 amide bonds. The summed E-state index contributed by atoms with van der Waals surface area (Å²) in [6, 6.07) is 0. The third-order valence-electron chi connectivity index (χ3n) is 11.5. The van der Waals surface area contributed by atoms with Gasteiger partial charge in [-0.2, -0.15) is 0 Å². The van der Waals surface area contributed by atoms with Crippen LogP contribution in [0.5, 0.6) is 0 Å². The van der Waals surface area contributed by atoms with E-state index in [1.54, 1.807) is 0 Å². The third kappa shape index (κ3) is 54.6. The van der Waals surface area contributed by atoms with Gasteiger partial charge in [-0.1, -0.05) is 232 Å². The normalized spacial score (nSPS) is 13.0. The first-order valence-electron chi connectivity index (χ1n) is 28.1. The second kappa shape index (κ2) is 56.4. The van der Waals surface area contributed by atoms with Crippen molar-refractivity contribution < 1.29 is 28.6 Å². The standard InChI is InChI=1S/C63H102O6/c1-4-7-10-13-16-19-22-25-28-31-33-35-38-41-44-47-50-53-56-62(65)68-59-60(58-67-61(64)55-52-49-46-43-40-37-34-30-27-24-21-18-15-12-9-6-3)69-63(66)57-54-51-48-45-42-39-36-32-29-26-23-20-17-14-11-8-5-2/h8,11,16-17,19-20,22,25-26,28-31,33-36,39,45,48,60H,4-7,9-10,12-15,18,21,23-24,27,32,37-38,40-44,46-47,49-59H2,1-3H3/b11-8-,19-16-,20-17-,25-22-,29-26-,31-28-,34-30-,35-33-,39-36-,48-45-. The third-order valence-corrected chi connectivity index (χ3v) is 11.5. The number of unbranched alkanes of at least 4 members (excludes halogenated alkanes) is 21. The lowest BCUT2D eigenvalue weighted by Gasteiger charge is -2.18. The minimum atomic E-state index is -0.825. The smallest absolute Gasteiger partial charge is 0.306 e. The van der Waals surface area contributed by atoms with Crippen molar-refractivity contribution in [1.29, 1.82) is 0 Å². The summed E-state index contributed by atoms with van der Waals surface area (Å²) in [6.45, 7) is 6.40. The van der Waals surface area contributed by atoms with Crippen molar-refractivity contribution in [3.8, 4) is 0 Å². The van der Waals surface area contributed by atoms with Gasteiger partial charge >= 0.3 is 17.9 Å². The molecule has 0 heterocycles. The Bertz CT molecular complexity index is 1470. The van der Waals surface area contributed by atoms with Gasteiger partial charge in [0.05, 0.1) is 0 Å². The van der Waals surface area contributed by atoms with Crippen molar-refractivity contribution in [3.05, 3.63) is 122 Å².